The zero-order valence-corrected chi connectivity index (χ0v) is 11.3. The lowest BCUT2D eigenvalue weighted by Gasteiger charge is -2.09. The van der Waals surface area contributed by atoms with E-state index in [0.29, 0.717) is 11.4 Å². The van der Waals surface area contributed by atoms with Crippen LogP contribution in [0.1, 0.15) is 22.8 Å². The van der Waals surface area contributed by atoms with Crippen molar-refractivity contribution in [3.05, 3.63) is 53.7 Å². The first-order valence-corrected chi connectivity index (χ1v) is 6.17. The van der Waals surface area contributed by atoms with Crippen molar-refractivity contribution in [2.24, 2.45) is 0 Å². The fraction of sp³-hybridized carbons (Fsp3) is 0.133. The Morgan fingerprint density at radius 1 is 1.10 bits per heavy atom. The first-order valence-electron chi connectivity index (χ1n) is 6.17. The molecular formula is C15H15N3O2. The summed E-state index contributed by atoms with van der Waals surface area (Å²) >= 11 is 0. The molecule has 20 heavy (non-hydrogen) atoms. The van der Waals surface area contributed by atoms with Crippen LogP contribution in [0, 0.1) is 6.92 Å². The highest BCUT2D eigenvalue weighted by Crippen LogP contribution is 2.15. The number of carbonyl (C=O) groups is 2. The quantitative estimate of drug-likeness (QED) is 0.899. The molecule has 0 aliphatic heterocycles. The number of amides is 2. The predicted octanol–water partition coefficient (Wildman–Crippen LogP) is 2.60. The van der Waals surface area contributed by atoms with Crippen molar-refractivity contribution in [1.82, 2.24) is 4.98 Å². The lowest BCUT2D eigenvalue weighted by atomic mass is 10.2. The summed E-state index contributed by atoms with van der Waals surface area (Å²) in [6, 6.07) is 10.7. The Morgan fingerprint density at radius 3 is 2.55 bits per heavy atom. The molecule has 0 saturated heterocycles. The van der Waals surface area contributed by atoms with Crippen LogP contribution in [0.3, 0.4) is 0 Å². The summed E-state index contributed by atoms with van der Waals surface area (Å²) in [5.41, 5.74) is 2.18. The second-order valence-corrected chi connectivity index (χ2v) is 4.38. The molecule has 1 aromatic heterocycles. The monoisotopic (exact) mass is 269 g/mol. The molecule has 2 N–H and O–H groups in total. The highest BCUT2D eigenvalue weighted by atomic mass is 16.2. The standard InChI is InChI=1S/C15H15N3O2/c1-10-5-3-4-6-13(10)18-15(20)12-7-8-16-14(9-12)17-11(2)19/h3-9H,1-2H3,(H,18,20)(H,16,17,19). The van der Waals surface area contributed by atoms with Crippen molar-refractivity contribution in [2.75, 3.05) is 10.6 Å². The summed E-state index contributed by atoms with van der Waals surface area (Å²) in [4.78, 5) is 27.1. The van der Waals surface area contributed by atoms with Crippen LogP contribution in [0.15, 0.2) is 42.6 Å². The number of anilines is 2. The first kappa shape index (κ1) is 13.7. The van der Waals surface area contributed by atoms with Crippen LogP contribution >= 0.6 is 0 Å². The van der Waals surface area contributed by atoms with Crippen LogP contribution in [0.4, 0.5) is 11.5 Å². The van der Waals surface area contributed by atoms with Gasteiger partial charge < -0.3 is 10.6 Å². The van der Waals surface area contributed by atoms with Gasteiger partial charge in [0.2, 0.25) is 5.91 Å². The van der Waals surface area contributed by atoms with Crippen molar-refractivity contribution in [1.29, 1.82) is 0 Å². The second-order valence-electron chi connectivity index (χ2n) is 4.38. The van der Waals surface area contributed by atoms with Crippen LogP contribution in [0.25, 0.3) is 0 Å². The Balaban J connectivity index is 2.17. The molecule has 0 radical (unpaired) electrons. The van der Waals surface area contributed by atoms with E-state index < -0.39 is 0 Å². The van der Waals surface area contributed by atoms with Gasteiger partial charge in [0, 0.05) is 24.4 Å². The van der Waals surface area contributed by atoms with Crippen molar-refractivity contribution in [2.45, 2.75) is 13.8 Å². The van der Waals surface area contributed by atoms with Gasteiger partial charge in [0.05, 0.1) is 0 Å². The number of nitrogens with zero attached hydrogens (tertiary/aromatic N) is 1. The van der Waals surface area contributed by atoms with Crippen LogP contribution < -0.4 is 10.6 Å². The van der Waals surface area contributed by atoms with Gasteiger partial charge >= 0.3 is 0 Å². The van der Waals surface area contributed by atoms with Gasteiger partial charge in [-0.05, 0) is 30.7 Å². The summed E-state index contributed by atoms with van der Waals surface area (Å²) in [5, 5.41) is 5.37. The van der Waals surface area contributed by atoms with Gasteiger partial charge in [-0.1, -0.05) is 18.2 Å². The third kappa shape index (κ3) is 3.41. The molecule has 0 saturated carbocycles. The third-order valence-electron chi connectivity index (χ3n) is 2.72. The van der Waals surface area contributed by atoms with Crippen LogP contribution in [0.2, 0.25) is 0 Å². The van der Waals surface area contributed by atoms with Crippen LogP contribution in [-0.2, 0) is 4.79 Å². The van der Waals surface area contributed by atoms with Gasteiger partial charge in [0.25, 0.3) is 5.91 Å². The zero-order valence-electron chi connectivity index (χ0n) is 11.3. The van der Waals surface area contributed by atoms with Gasteiger partial charge in [0.15, 0.2) is 0 Å². The Labute approximate surface area is 117 Å². The topological polar surface area (TPSA) is 71.1 Å². The van der Waals surface area contributed by atoms with E-state index in [2.05, 4.69) is 15.6 Å². The van der Waals surface area contributed by atoms with Crippen molar-refractivity contribution < 1.29 is 9.59 Å². The van der Waals surface area contributed by atoms with E-state index in [-0.39, 0.29) is 11.8 Å². The fourth-order valence-corrected chi connectivity index (χ4v) is 1.73. The number of hydrogen-bond acceptors (Lipinski definition) is 3. The van der Waals surface area contributed by atoms with Crippen LogP contribution in [-0.4, -0.2) is 16.8 Å². The number of rotatable bonds is 3. The molecule has 0 aliphatic carbocycles. The van der Waals surface area contributed by atoms with Gasteiger partial charge in [-0.25, -0.2) is 4.98 Å². The van der Waals surface area contributed by atoms with E-state index in [0.717, 1.165) is 11.3 Å². The lowest BCUT2D eigenvalue weighted by molar-refractivity contribution is -0.114. The maximum atomic E-state index is 12.2. The normalized spacial score (nSPS) is 9.90. The highest BCUT2D eigenvalue weighted by molar-refractivity contribution is 6.05. The number of para-hydroxylation sites is 1. The molecule has 2 rings (SSSR count). The van der Waals surface area contributed by atoms with Gasteiger partial charge in [-0.2, -0.15) is 0 Å². The molecule has 2 amide bonds. The van der Waals surface area contributed by atoms with E-state index in [1.165, 1.54) is 19.2 Å². The summed E-state index contributed by atoms with van der Waals surface area (Å²) in [6.45, 7) is 3.31. The number of nitrogens with one attached hydrogen (secondary N) is 2. The Bertz CT molecular complexity index is 653. The molecule has 0 bridgehead atoms. The first-order chi connectivity index (χ1) is 9.56. The summed E-state index contributed by atoms with van der Waals surface area (Å²) in [5.74, 6) is -0.114. The smallest absolute Gasteiger partial charge is 0.255 e. The summed E-state index contributed by atoms with van der Waals surface area (Å²) in [6.07, 6.45) is 1.48. The highest BCUT2D eigenvalue weighted by Gasteiger charge is 2.09. The Hall–Kier alpha value is -2.69. The lowest BCUT2D eigenvalue weighted by Crippen LogP contribution is -2.14. The molecule has 2 aromatic rings. The number of carbonyl (C=O) groups excluding carboxylic acids is 2. The van der Waals surface area contributed by atoms with Gasteiger partial charge in [0.1, 0.15) is 5.82 Å². The Morgan fingerprint density at radius 2 is 1.85 bits per heavy atom. The van der Waals surface area contributed by atoms with Gasteiger partial charge in [-0.15, -0.1) is 0 Å². The molecule has 0 aliphatic rings. The minimum atomic E-state index is -0.242. The number of benzene rings is 1. The molecule has 5 heteroatoms. The molecule has 5 nitrogen and oxygen atoms in total. The molecule has 0 fully saturated rings. The van der Waals surface area contributed by atoms with Crippen molar-refractivity contribution in [3.63, 3.8) is 0 Å². The van der Waals surface area contributed by atoms with E-state index in [4.69, 9.17) is 0 Å². The van der Waals surface area contributed by atoms with E-state index in [1.54, 1.807) is 6.07 Å². The van der Waals surface area contributed by atoms with E-state index in [9.17, 15) is 9.59 Å². The van der Waals surface area contributed by atoms with Crippen molar-refractivity contribution >= 4 is 23.3 Å². The van der Waals surface area contributed by atoms with Gasteiger partial charge in [-0.3, -0.25) is 9.59 Å². The molecule has 1 heterocycles. The maximum Gasteiger partial charge on any atom is 0.255 e. The largest absolute Gasteiger partial charge is 0.322 e. The average molecular weight is 269 g/mol. The third-order valence-corrected chi connectivity index (χ3v) is 2.72. The number of hydrogen-bond donors (Lipinski definition) is 2. The van der Waals surface area contributed by atoms with Crippen LogP contribution in [0.5, 0.6) is 0 Å². The SMILES string of the molecule is CC(=O)Nc1cc(C(=O)Nc2ccccc2C)ccn1. The van der Waals surface area contributed by atoms with E-state index >= 15 is 0 Å². The molecule has 1 aromatic carbocycles. The average Bonchev–Trinajstić information content (AvgIpc) is 2.41. The predicted molar refractivity (Wildman–Crippen MR) is 77.7 cm³/mol. The zero-order chi connectivity index (χ0) is 14.5. The minimum Gasteiger partial charge on any atom is -0.322 e. The summed E-state index contributed by atoms with van der Waals surface area (Å²) in [7, 11) is 0. The fourth-order valence-electron chi connectivity index (χ4n) is 1.73. The Kier molecular flexibility index (Phi) is 4.10. The number of aryl methyl sites for hydroxylation is 1. The minimum absolute atomic E-state index is 0.228. The molecule has 0 unspecified atom stereocenters. The van der Waals surface area contributed by atoms with Crippen molar-refractivity contribution in [3.8, 4) is 0 Å². The molecule has 0 spiro atoms. The second kappa shape index (κ2) is 5.97. The molecule has 0 atom stereocenters. The summed E-state index contributed by atoms with van der Waals surface area (Å²) < 4.78 is 0. The number of pyridine rings is 1. The molecular weight excluding hydrogens is 254 g/mol. The molecule has 102 valence electrons. The number of aromatic nitrogens is 1. The van der Waals surface area contributed by atoms with E-state index in [1.807, 2.05) is 31.2 Å². The maximum absolute atomic E-state index is 12.2.